The molecule has 0 atom stereocenters. The first kappa shape index (κ1) is 17.7. The molecule has 2 heterocycles. The van der Waals surface area contributed by atoms with Crippen LogP contribution in [-0.2, 0) is 6.54 Å². The van der Waals surface area contributed by atoms with Crippen molar-refractivity contribution in [2.24, 2.45) is 0 Å². The lowest BCUT2D eigenvalue weighted by Crippen LogP contribution is -2.07. The molecule has 0 aliphatic rings. The number of fused-ring (bicyclic) bond motifs is 1. The molecule has 0 saturated carbocycles. The van der Waals surface area contributed by atoms with Crippen LogP contribution < -0.4 is 4.74 Å². The van der Waals surface area contributed by atoms with Crippen LogP contribution in [0.4, 0.5) is 4.39 Å². The van der Waals surface area contributed by atoms with Crippen molar-refractivity contribution in [3.05, 3.63) is 83.9 Å². The second kappa shape index (κ2) is 7.15. The largest absolute Gasteiger partial charge is 0.497 e. The molecule has 2 aromatic heterocycles. The van der Waals surface area contributed by atoms with Crippen molar-refractivity contribution in [1.29, 1.82) is 0 Å². The van der Waals surface area contributed by atoms with E-state index in [1.165, 1.54) is 18.2 Å². The summed E-state index contributed by atoms with van der Waals surface area (Å²) in [6.45, 7) is 0.350. The Hall–Kier alpha value is -3.67. The molecule has 0 spiro atoms. The van der Waals surface area contributed by atoms with E-state index in [-0.39, 0.29) is 11.5 Å². The lowest BCUT2D eigenvalue weighted by atomic mass is 10.1. The zero-order chi connectivity index (χ0) is 19.7. The molecular weight excluding hydrogens is 359 g/mol. The molecular formula is C22H17FN2O3. The van der Waals surface area contributed by atoms with Gasteiger partial charge in [-0.3, -0.25) is 0 Å². The van der Waals surface area contributed by atoms with Gasteiger partial charge in [0, 0.05) is 22.2 Å². The van der Waals surface area contributed by atoms with Crippen LogP contribution in [0.3, 0.4) is 0 Å². The first-order valence-electron chi connectivity index (χ1n) is 8.67. The molecule has 0 amide bonds. The number of methoxy groups -OCH3 is 1. The van der Waals surface area contributed by atoms with Crippen LogP contribution >= 0.6 is 0 Å². The van der Waals surface area contributed by atoms with E-state index >= 15 is 0 Å². The van der Waals surface area contributed by atoms with Gasteiger partial charge in [-0.05, 0) is 48.5 Å². The third-order valence-corrected chi connectivity index (χ3v) is 4.57. The summed E-state index contributed by atoms with van der Waals surface area (Å²) in [6.07, 6.45) is 0. The van der Waals surface area contributed by atoms with Crippen molar-refractivity contribution in [2.45, 2.75) is 6.54 Å². The van der Waals surface area contributed by atoms with Crippen LogP contribution in [0.15, 0.2) is 66.7 Å². The van der Waals surface area contributed by atoms with E-state index in [0.717, 1.165) is 27.9 Å². The lowest BCUT2D eigenvalue weighted by Gasteiger charge is -2.12. The molecule has 2 aromatic carbocycles. The minimum Gasteiger partial charge on any atom is -0.497 e. The van der Waals surface area contributed by atoms with Crippen LogP contribution in [0.2, 0.25) is 0 Å². The highest BCUT2D eigenvalue weighted by molar-refractivity contribution is 5.88. The fourth-order valence-electron chi connectivity index (χ4n) is 3.28. The fraction of sp³-hybridized carbons (Fsp3) is 0.0909. The van der Waals surface area contributed by atoms with E-state index in [0.29, 0.717) is 12.2 Å². The van der Waals surface area contributed by atoms with E-state index < -0.39 is 5.97 Å². The predicted molar refractivity (Wildman–Crippen MR) is 104 cm³/mol. The van der Waals surface area contributed by atoms with Crippen molar-refractivity contribution in [2.75, 3.05) is 7.11 Å². The average Bonchev–Trinajstić information content (AvgIpc) is 3.05. The summed E-state index contributed by atoms with van der Waals surface area (Å²) in [7, 11) is 1.60. The van der Waals surface area contributed by atoms with Crippen molar-refractivity contribution >= 4 is 16.9 Å². The molecule has 140 valence electrons. The molecule has 0 fully saturated rings. The maximum absolute atomic E-state index is 13.8. The zero-order valence-corrected chi connectivity index (χ0v) is 15.1. The molecule has 0 radical (unpaired) electrons. The Bertz CT molecular complexity index is 1180. The van der Waals surface area contributed by atoms with Gasteiger partial charge >= 0.3 is 5.97 Å². The summed E-state index contributed by atoms with van der Waals surface area (Å²) in [5.41, 5.74) is 3.05. The second-order valence-electron chi connectivity index (χ2n) is 6.37. The average molecular weight is 376 g/mol. The molecule has 0 saturated heterocycles. The fourth-order valence-corrected chi connectivity index (χ4v) is 3.28. The lowest BCUT2D eigenvalue weighted by molar-refractivity contribution is 0.0690. The monoisotopic (exact) mass is 376 g/mol. The summed E-state index contributed by atoms with van der Waals surface area (Å²) >= 11 is 0. The van der Waals surface area contributed by atoms with Crippen LogP contribution in [0.5, 0.6) is 5.75 Å². The number of carboxylic acids is 1. The number of pyridine rings is 1. The van der Waals surface area contributed by atoms with Gasteiger partial charge in [-0.15, -0.1) is 0 Å². The molecule has 1 N–H and O–H groups in total. The van der Waals surface area contributed by atoms with Crippen molar-refractivity contribution in [3.8, 4) is 17.0 Å². The van der Waals surface area contributed by atoms with Crippen molar-refractivity contribution in [3.63, 3.8) is 0 Å². The SMILES string of the molecule is COc1ccc2c(c1)cc(-c1cccc(F)c1)n2Cc1cccc(C(=O)O)n1. The van der Waals surface area contributed by atoms with Crippen LogP contribution in [0, 0.1) is 5.82 Å². The summed E-state index contributed by atoms with van der Waals surface area (Å²) in [4.78, 5) is 15.5. The molecule has 0 aliphatic carbocycles. The van der Waals surface area contributed by atoms with E-state index in [9.17, 15) is 14.3 Å². The Morgan fingerprint density at radius 2 is 1.93 bits per heavy atom. The molecule has 5 nitrogen and oxygen atoms in total. The Labute approximate surface area is 160 Å². The third-order valence-electron chi connectivity index (χ3n) is 4.57. The van der Waals surface area contributed by atoms with Crippen LogP contribution in [-0.4, -0.2) is 27.7 Å². The molecule has 0 bridgehead atoms. The van der Waals surface area contributed by atoms with Gasteiger partial charge in [0.15, 0.2) is 0 Å². The predicted octanol–water partition coefficient (Wildman–Crippen LogP) is 4.60. The zero-order valence-electron chi connectivity index (χ0n) is 15.1. The number of carbonyl (C=O) groups is 1. The maximum Gasteiger partial charge on any atom is 0.354 e. The Kier molecular flexibility index (Phi) is 4.53. The smallest absolute Gasteiger partial charge is 0.354 e. The van der Waals surface area contributed by atoms with Crippen LogP contribution in [0.25, 0.3) is 22.2 Å². The van der Waals surface area contributed by atoms with Gasteiger partial charge in [-0.25, -0.2) is 14.2 Å². The number of carboxylic acid groups (broad SMARTS) is 1. The number of ether oxygens (including phenoxy) is 1. The maximum atomic E-state index is 13.8. The quantitative estimate of drug-likeness (QED) is 0.553. The first-order chi connectivity index (χ1) is 13.5. The van der Waals surface area contributed by atoms with Gasteiger partial charge in [-0.2, -0.15) is 0 Å². The molecule has 6 heteroatoms. The number of rotatable bonds is 5. The summed E-state index contributed by atoms with van der Waals surface area (Å²) in [5, 5.41) is 10.1. The van der Waals surface area contributed by atoms with Crippen molar-refractivity contribution in [1.82, 2.24) is 9.55 Å². The highest BCUT2D eigenvalue weighted by Crippen LogP contribution is 2.31. The summed E-state index contributed by atoms with van der Waals surface area (Å²) in [6, 6.07) is 18.9. The molecule has 4 aromatic rings. The number of nitrogens with zero attached hydrogens (tertiary/aromatic N) is 2. The van der Waals surface area contributed by atoms with Gasteiger partial charge in [0.2, 0.25) is 0 Å². The number of hydrogen-bond donors (Lipinski definition) is 1. The highest BCUT2D eigenvalue weighted by atomic mass is 19.1. The van der Waals surface area contributed by atoms with Gasteiger partial charge in [0.25, 0.3) is 0 Å². The van der Waals surface area contributed by atoms with Gasteiger partial charge in [0.05, 0.1) is 19.3 Å². The van der Waals surface area contributed by atoms with E-state index in [1.807, 2.05) is 34.9 Å². The number of benzene rings is 2. The van der Waals surface area contributed by atoms with Gasteiger partial charge in [0.1, 0.15) is 17.3 Å². The van der Waals surface area contributed by atoms with E-state index in [2.05, 4.69) is 4.98 Å². The second-order valence-corrected chi connectivity index (χ2v) is 6.37. The number of aromatic carboxylic acids is 1. The standard InChI is InChI=1S/C22H17FN2O3/c1-28-18-8-9-20-15(11-18)12-21(14-4-2-5-16(23)10-14)25(20)13-17-6-3-7-19(24-17)22(26)27/h2-12H,13H2,1H3,(H,26,27). The van der Waals surface area contributed by atoms with Crippen LogP contribution in [0.1, 0.15) is 16.2 Å². The minimum absolute atomic E-state index is 0.0112. The summed E-state index contributed by atoms with van der Waals surface area (Å²) < 4.78 is 21.1. The van der Waals surface area contributed by atoms with Gasteiger partial charge in [-0.1, -0.05) is 18.2 Å². The van der Waals surface area contributed by atoms with E-state index in [1.54, 1.807) is 25.3 Å². The third kappa shape index (κ3) is 3.32. The molecule has 4 rings (SSSR count). The molecule has 0 unspecified atom stereocenters. The van der Waals surface area contributed by atoms with E-state index in [4.69, 9.17) is 4.74 Å². The topological polar surface area (TPSA) is 64.3 Å². The normalized spacial score (nSPS) is 10.9. The molecule has 0 aliphatic heterocycles. The molecule has 28 heavy (non-hydrogen) atoms. The van der Waals surface area contributed by atoms with Crippen molar-refractivity contribution < 1.29 is 19.0 Å². The van der Waals surface area contributed by atoms with Gasteiger partial charge < -0.3 is 14.4 Å². The summed E-state index contributed by atoms with van der Waals surface area (Å²) in [5.74, 6) is -0.673. The number of hydrogen-bond acceptors (Lipinski definition) is 3. The number of aromatic nitrogens is 2. The minimum atomic E-state index is -1.07. The first-order valence-corrected chi connectivity index (χ1v) is 8.67. The Balaban J connectivity index is 1.88. The highest BCUT2D eigenvalue weighted by Gasteiger charge is 2.14. The Morgan fingerprint density at radius 3 is 2.68 bits per heavy atom. The number of halogens is 1. The Morgan fingerprint density at radius 1 is 1.11 bits per heavy atom.